The molecule has 0 saturated carbocycles. The average Bonchev–Trinajstić information content (AvgIpc) is 2.73. The molecule has 3 aromatic carbocycles. The lowest BCUT2D eigenvalue weighted by molar-refractivity contribution is -0.137. The molecule has 0 atom stereocenters. The number of benzene rings is 3. The molecule has 6 heteroatoms. The molecule has 1 nitrogen and oxygen atoms in total. The van der Waals surface area contributed by atoms with Gasteiger partial charge in [-0.3, -0.25) is 0 Å². The van der Waals surface area contributed by atoms with Crippen LogP contribution in [0.1, 0.15) is 36.1 Å². The third-order valence-electron chi connectivity index (χ3n) is 6.51. The van der Waals surface area contributed by atoms with Crippen molar-refractivity contribution < 1.29 is 18.0 Å². The lowest BCUT2D eigenvalue weighted by Crippen LogP contribution is -2.40. The molecule has 0 radical (unpaired) electrons. The van der Waals surface area contributed by atoms with Gasteiger partial charge in [-0.2, -0.15) is 13.2 Å². The van der Waals surface area contributed by atoms with Crippen molar-refractivity contribution in [3.8, 4) is 11.1 Å². The molecule has 33 heavy (non-hydrogen) atoms. The summed E-state index contributed by atoms with van der Waals surface area (Å²) in [5.74, 6) is 0.814. The Morgan fingerprint density at radius 1 is 0.848 bits per heavy atom. The van der Waals surface area contributed by atoms with Crippen molar-refractivity contribution in [2.75, 3.05) is 0 Å². The Balaban J connectivity index is 1.63. The van der Waals surface area contributed by atoms with E-state index >= 15 is 0 Å². The van der Waals surface area contributed by atoms with Crippen LogP contribution in [0.4, 0.5) is 13.2 Å². The van der Waals surface area contributed by atoms with E-state index in [9.17, 15) is 18.0 Å². The highest BCUT2D eigenvalue weighted by molar-refractivity contribution is 7.98. The molecule has 0 fully saturated rings. The van der Waals surface area contributed by atoms with Crippen molar-refractivity contribution >= 4 is 20.1 Å². The normalized spacial score (nSPS) is 12.8. The fourth-order valence-electron chi connectivity index (χ4n) is 3.46. The number of thioether (sulfide) groups is 1. The van der Waals surface area contributed by atoms with E-state index in [1.165, 1.54) is 28.2 Å². The van der Waals surface area contributed by atoms with Crippen molar-refractivity contribution in [1.29, 1.82) is 0 Å². The first-order chi connectivity index (χ1) is 15.3. The Morgan fingerprint density at radius 3 is 1.88 bits per heavy atom. The summed E-state index contributed by atoms with van der Waals surface area (Å²) in [4.78, 5) is 11.8. The molecule has 176 valence electrons. The molecular formula is C27H31F3OSSi. The predicted octanol–water partition coefficient (Wildman–Crippen LogP) is 8.49. The topological polar surface area (TPSA) is 20.2 Å². The molecule has 0 aliphatic carbocycles. The highest BCUT2D eigenvalue weighted by Crippen LogP contribution is 2.40. The molecule has 0 aliphatic rings. The van der Waals surface area contributed by atoms with Crippen LogP contribution in [-0.4, -0.2) is 13.1 Å². The second kappa shape index (κ2) is 9.69. The van der Waals surface area contributed by atoms with Crippen molar-refractivity contribution in [2.45, 2.75) is 62.1 Å². The fraction of sp³-hybridized carbons (Fsp3) is 0.333. The zero-order valence-electron chi connectivity index (χ0n) is 19.8. The Labute approximate surface area is 200 Å². The number of halogens is 3. The highest BCUT2D eigenvalue weighted by atomic mass is 32.2. The Bertz CT molecular complexity index is 1080. The number of hydrogen-bond acceptors (Lipinski definition) is 2. The third-order valence-corrected chi connectivity index (χ3v) is 11.1. The summed E-state index contributed by atoms with van der Waals surface area (Å²) < 4.78 is 38.3. The van der Waals surface area contributed by atoms with Gasteiger partial charge in [0, 0.05) is 10.6 Å². The molecule has 0 aromatic heterocycles. The minimum Gasteiger partial charge on any atom is -0.432 e. The van der Waals surface area contributed by atoms with Crippen molar-refractivity contribution in [1.82, 2.24) is 0 Å². The summed E-state index contributed by atoms with van der Waals surface area (Å²) in [6, 6.07) is 19.8. The van der Waals surface area contributed by atoms with Gasteiger partial charge in [0.15, 0.2) is 8.32 Å². The van der Waals surface area contributed by atoms with Crippen LogP contribution in [0.2, 0.25) is 18.1 Å². The first-order valence-electron chi connectivity index (χ1n) is 11.0. The molecule has 0 heterocycles. The first-order valence-corrected chi connectivity index (χ1v) is 14.9. The monoisotopic (exact) mass is 488 g/mol. The van der Waals surface area contributed by atoms with E-state index in [0.29, 0.717) is 0 Å². The van der Waals surface area contributed by atoms with Crippen LogP contribution in [0.15, 0.2) is 71.6 Å². The maximum Gasteiger partial charge on any atom is 0.416 e. The first kappa shape index (κ1) is 25.6. The summed E-state index contributed by atoms with van der Waals surface area (Å²) >= 11 is 1.76. The summed E-state index contributed by atoms with van der Waals surface area (Å²) in [5.41, 5.74) is 4.71. The van der Waals surface area contributed by atoms with Crippen LogP contribution in [-0.2, 0) is 18.3 Å². The number of rotatable bonds is 7. The molecule has 0 aliphatic heterocycles. The number of aryl methyl sites for hydroxylation is 1. The standard InChI is InChI=1S/C27H31F3OSSi/c1-19-16-25(15-12-23(19)17-26(2,3)33(4,5)31)32-18-20-6-8-21(9-7-20)22-10-13-24(14-11-22)27(28,29)30/h6-16,31H,17-18H2,1-5H3. The molecule has 1 N–H and O–H groups in total. The van der Waals surface area contributed by atoms with E-state index in [1.54, 1.807) is 11.8 Å². The summed E-state index contributed by atoms with van der Waals surface area (Å²) in [6.07, 6.45) is -3.45. The average molecular weight is 489 g/mol. The Morgan fingerprint density at radius 2 is 1.39 bits per heavy atom. The minimum atomic E-state index is -4.32. The van der Waals surface area contributed by atoms with Gasteiger partial charge in [0.05, 0.1) is 5.56 Å². The molecule has 0 saturated heterocycles. The molecule has 0 spiro atoms. The molecule has 3 rings (SSSR count). The summed E-state index contributed by atoms with van der Waals surface area (Å²) in [7, 11) is -2.26. The zero-order valence-corrected chi connectivity index (χ0v) is 21.6. The van der Waals surface area contributed by atoms with Crippen LogP contribution in [0.5, 0.6) is 0 Å². The van der Waals surface area contributed by atoms with Gasteiger partial charge in [-0.1, -0.05) is 56.3 Å². The largest absolute Gasteiger partial charge is 0.432 e. The Hall–Kier alpha value is -2.02. The smallest absolute Gasteiger partial charge is 0.416 e. The summed E-state index contributed by atoms with van der Waals surface area (Å²) in [5, 5.41) is -0.0960. The van der Waals surface area contributed by atoms with E-state index in [2.05, 4.69) is 39.0 Å². The van der Waals surface area contributed by atoms with Crippen LogP contribution >= 0.6 is 11.8 Å². The lowest BCUT2D eigenvalue weighted by atomic mass is 9.98. The van der Waals surface area contributed by atoms with Gasteiger partial charge < -0.3 is 4.80 Å². The number of hydrogen-bond donors (Lipinski definition) is 1. The lowest BCUT2D eigenvalue weighted by Gasteiger charge is -2.35. The van der Waals surface area contributed by atoms with Gasteiger partial charge in [-0.25, -0.2) is 0 Å². The van der Waals surface area contributed by atoms with E-state index < -0.39 is 20.1 Å². The maximum absolute atomic E-state index is 12.8. The van der Waals surface area contributed by atoms with Crippen LogP contribution in [0, 0.1) is 6.92 Å². The van der Waals surface area contributed by atoms with E-state index in [4.69, 9.17) is 0 Å². The quantitative estimate of drug-likeness (QED) is 0.266. The molecule has 0 bridgehead atoms. The van der Waals surface area contributed by atoms with Gasteiger partial charge in [-0.15, -0.1) is 11.8 Å². The minimum absolute atomic E-state index is 0.0960. The van der Waals surface area contributed by atoms with E-state index in [1.807, 2.05) is 37.4 Å². The SMILES string of the molecule is Cc1cc(SCc2ccc(-c3ccc(C(F)(F)F)cc3)cc2)ccc1CC(C)(C)[Si](C)(C)O. The zero-order chi connectivity index (χ0) is 24.4. The molecular weight excluding hydrogens is 457 g/mol. The van der Waals surface area contributed by atoms with Crippen molar-refractivity contribution in [2.24, 2.45) is 0 Å². The van der Waals surface area contributed by atoms with Crippen LogP contribution in [0.3, 0.4) is 0 Å². The second-order valence-corrected chi connectivity index (χ2v) is 15.3. The molecule has 3 aromatic rings. The Kier molecular flexibility index (Phi) is 7.51. The third kappa shape index (κ3) is 6.52. The molecule has 0 unspecified atom stereocenters. The van der Waals surface area contributed by atoms with Gasteiger partial charge in [0.2, 0.25) is 0 Å². The fourth-order valence-corrected chi connectivity index (χ4v) is 5.03. The maximum atomic E-state index is 12.8. The second-order valence-electron chi connectivity index (χ2n) is 9.77. The predicted molar refractivity (Wildman–Crippen MR) is 135 cm³/mol. The van der Waals surface area contributed by atoms with Crippen LogP contribution in [0.25, 0.3) is 11.1 Å². The van der Waals surface area contributed by atoms with Crippen LogP contribution < -0.4 is 0 Å². The van der Waals surface area contributed by atoms with Crippen molar-refractivity contribution in [3.63, 3.8) is 0 Å². The molecule has 0 amide bonds. The van der Waals surface area contributed by atoms with Crippen molar-refractivity contribution in [3.05, 3.63) is 89.0 Å². The van der Waals surface area contributed by atoms with Gasteiger partial charge in [0.1, 0.15) is 0 Å². The summed E-state index contributed by atoms with van der Waals surface area (Å²) in [6.45, 7) is 10.4. The highest BCUT2D eigenvalue weighted by Gasteiger charge is 2.38. The van der Waals surface area contributed by atoms with Gasteiger partial charge >= 0.3 is 6.18 Å². The van der Waals surface area contributed by atoms with Gasteiger partial charge in [0.25, 0.3) is 0 Å². The van der Waals surface area contributed by atoms with E-state index in [-0.39, 0.29) is 5.04 Å². The van der Waals surface area contributed by atoms with Gasteiger partial charge in [-0.05, 0) is 83.6 Å². The van der Waals surface area contributed by atoms with E-state index in [0.717, 1.165) is 41.0 Å². The number of alkyl halides is 3.